The zero-order valence-electron chi connectivity index (χ0n) is 7.82. The largest absolute Gasteiger partial charge is 0.305 e. The Balaban J connectivity index is 3.49. The topological polar surface area (TPSA) is 114 Å². The maximum Gasteiger partial charge on any atom is 0.305 e. The van der Waals surface area contributed by atoms with Gasteiger partial charge in [-0.05, 0) is 6.07 Å². The molecule has 0 aliphatic heterocycles. The van der Waals surface area contributed by atoms with Crippen molar-refractivity contribution < 1.29 is 13.3 Å². The van der Waals surface area contributed by atoms with E-state index in [9.17, 15) is 18.5 Å². The Labute approximate surface area is 90.7 Å². The predicted octanol–water partition coefficient (Wildman–Crippen LogP) is 0.779. The van der Waals surface area contributed by atoms with Crippen LogP contribution in [0.2, 0.25) is 0 Å². The summed E-state index contributed by atoms with van der Waals surface area (Å²) < 4.78 is 22.6. The number of pyridine rings is 1. The van der Waals surface area contributed by atoms with Crippen LogP contribution in [0.5, 0.6) is 0 Å². The first kappa shape index (κ1) is 11.8. The second-order valence-corrected chi connectivity index (χ2v) is 4.44. The van der Waals surface area contributed by atoms with Crippen LogP contribution >= 0.6 is 0 Å². The molecule has 7 nitrogen and oxygen atoms in total. The first-order valence-electron chi connectivity index (χ1n) is 3.85. The van der Waals surface area contributed by atoms with Gasteiger partial charge in [0.1, 0.15) is 6.07 Å². The summed E-state index contributed by atoms with van der Waals surface area (Å²) in [6.45, 7) is 3.08. The highest BCUT2D eigenvalue weighted by atomic mass is 32.2. The third kappa shape index (κ3) is 2.04. The number of hydrogen-bond acceptors (Lipinski definition) is 6. The molecule has 0 N–H and O–H groups in total. The second kappa shape index (κ2) is 4.08. The first-order valence-corrected chi connectivity index (χ1v) is 5.40. The molecule has 0 aliphatic rings. The number of sulfone groups is 1. The van der Waals surface area contributed by atoms with Gasteiger partial charge in [-0.2, -0.15) is 5.26 Å². The van der Waals surface area contributed by atoms with Crippen LogP contribution in [-0.2, 0) is 9.84 Å². The van der Waals surface area contributed by atoms with Gasteiger partial charge < -0.3 is 0 Å². The van der Waals surface area contributed by atoms with Crippen molar-refractivity contribution in [1.82, 2.24) is 4.98 Å². The molecule has 0 amide bonds. The van der Waals surface area contributed by atoms with E-state index in [1.54, 1.807) is 0 Å². The summed E-state index contributed by atoms with van der Waals surface area (Å²) in [6.07, 6.45) is 0. The maximum absolute atomic E-state index is 11.3. The van der Waals surface area contributed by atoms with E-state index in [4.69, 9.17) is 5.26 Å². The maximum atomic E-state index is 11.3. The van der Waals surface area contributed by atoms with Crippen molar-refractivity contribution in [3.05, 3.63) is 39.9 Å². The molecule has 0 atom stereocenters. The van der Waals surface area contributed by atoms with E-state index in [2.05, 4.69) is 11.6 Å². The van der Waals surface area contributed by atoms with Crippen LogP contribution in [0.1, 0.15) is 5.69 Å². The number of hydrogen-bond donors (Lipinski definition) is 0. The SMILES string of the molecule is C=CS(=O)(=O)c1ccc([N+](=O)[O-])c(C#N)n1. The van der Waals surface area contributed by atoms with E-state index in [0.717, 1.165) is 12.1 Å². The fourth-order valence-electron chi connectivity index (χ4n) is 0.907. The fraction of sp³-hybridized carbons (Fsp3) is 0. The highest BCUT2D eigenvalue weighted by Crippen LogP contribution is 2.18. The van der Waals surface area contributed by atoms with Crippen LogP contribution in [0.15, 0.2) is 29.1 Å². The summed E-state index contributed by atoms with van der Waals surface area (Å²) in [6, 6.07) is 3.33. The molecular formula is C8H5N3O4S. The number of rotatable bonds is 3. The molecule has 0 aliphatic carbocycles. The van der Waals surface area contributed by atoms with Gasteiger partial charge in [-0.1, -0.05) is 6.58 Å². The molecular weight excluding hydrogens is 234 g/mol. The lowest BCUT2D eigenvalue weighted by atomic mass is 10.3. The lowest BCUT2D eigenvalue weighted by molar-refractivity contribution is -0.385. The molecule has 0 spiro atoms. The van der Waals surface area contributed by atoms with E-state index in [1.165, 1.54) is 6.07 Å². The minimum Gasteiger partial charge on any atom is -0.258 e. The molecule has 1 aromatic heterocycles. The number of aromatic nitrogens is 1. The first-order chi connectivity index (χ1) is 7.42. The van der Waals surface area contributed by atoms with Crippen molar-refractivity contribution in [2.24, 2.45) is 0 Å². The average molecular weight is 239 g/mol. The minimum atomic E-state index is -3.79. The van der Waals surface area contributed by atoms with Gasteiger partial charge in [0.2, 0.25) is 15.5 Å². The van der Waals surface area contributed by atoms with Crippen LogP contribution in [0, 0.1) is 21.4 Å². The molecule has 8 heteroatoms. The van der Waals surface area contributed by atoms with Crippen LogP contribution in [0.25, 0.3) is 0 Å². The summed E-state index contributed by atoms with van der Waals surface area (Å²) in [5, 5.41) is 19.3. The number of nitriles is 1. The Kier molecular flexibility index (Phi) is 3.01. The Morgan fingerprint density at radius 3 is 2.62 bits per heavy atom. The molecule has 0 aromatic carbocycles. The Hall–Kier alpha value is -2.27. The van der Waals surface area contributed by atoms with Gasteiger partial charge in [0.15, 0.2) is 5.03 Å². The lowest BCUT2D eigenvalue weighted by Crippen LogP contribution is -2.03. The summed E-state index contributed by atoms with van der Waals surface area (Å²) >= 11 is 0. The Bertz CT molecular complexity index is 600. The molecule has 82 valence electrons. The van der Waals surface area contributed by atoms with Gasteiger partial charge in [0, 0.05) is 11.5 Å². The van der Waals surface area contributed by atoms with Crippen LogP contribution in [-0.4, -0.2) is 18.3 Å². The zero-order valence-corrected chi connectivity index (χ0v) is 8.64. The van der Waals surface area contributed by atoms with Crippen molar-refractivity contribution in [3.63, 3.8) is 0 Å². The van der Waals surface area contributed by atoms with Gasteiger partial charge in [-0.3, -0.25) is 10.1 Å². The van der Waals surface area contributed by atoms with E-state index < -0.39 is 31.2 Å². The smallest absolute Gasteiger partial charge is 0.258 e. The molecule has 0 saturated carbocycles. The monoisotopic (exact) mass is 239 g/mol. The van der Waals surface area contributed by atoms with Gasteiger partial charge >= 0.3 is 5.69 Å². The van der Waals surface area contributed by atoms with Crippen molar-refractivity contribution in [1.29, 1.82) is 5.26 Å². The van der Waals surface area contributed by atoms with E-state index >= 15 is 0 Å². The third-order valence-corrected chi connectivity index (χ3v) is 2.91. The summed E-state index contributed by atoms with van der Waals surface area (Å²) in [5.74, 6) is 0. The average Bonchev–Trinajstić information content (AvgIpc) is 2.27. The minimum absolute atomic E-state index is 0.440. The molecule has 0 fully saturated rings. The van der Waals surface area contributed by atoms with E-state index in [0.29, 0.717) is 5.41 Å². The van der Waals surface area contributed by atoms with Gasteiger partial charge in [-0.25, -0.2) is 13.4 Å². The molecule has 16 heavy (non-hydrogen) atoms. The van der Waals surface area contributed by atoms with Gasteiger partial charge in [0.25, 0.3) is 0 Å². The molecule has 0 saturated heterocycles. The number of nitrogens with zero attached hydrogens (tertiary/aromatic N) is 3. The summed E-state index contributed by atoms with van der Waals surface area (Å²) in [5.41, 5.74) is -1.08. The fourth-order valence-corrected chi connectivity index (χ4v) is 1.55. The van der Waals surface area contributed by atoms with Crippen molar-refractivity contribution in [2.45, 2.75) is 5.03 Å². The van der Waals surface area contributed by atoms with Crippen molar-refractivity contribution in [2.75, 3.05) is 0 Å². The zero-order chi connectivity index (χ0) is 12.3. The molecule has 0 unspecified atom stereocenters. The highest BCUT2D eigenvalue weighted by molar-refractivity contribution is 7.94. The highest BCUT2D eigenvalue weighted by Gasteiger charge is 2.20. The van der Waals surface area contributed by atoms with Crippen LogP contribution in [0.3, 0.4) is 0 Å². The van der Waals surface area contributed by atoms with E-state index in [1.807, 2.05) is 0 Å². The van der Waals surface area contributed by atoms with Gasteiger partial charge in [0.05, 0.1) is 4.92 Å². The number of nitro groups is 1. The van der Waals surface area contributed by atoms with E-state index in [-0.39, 0.29) is 0 Å². The van der Waals surface area contributed by atoms with Gasteiger partial charge in [-0.15, -0.1) is 0 Å². The Morgan fingerprint density at radius 2 is 2.19 bits per heavy atom. The van der Waals surface area contributed by atoms with Crippen molar-refractivity contribution in [3.8, 4) is 6.07 Å². The molecule has 1 aromatic rings. The third-order valence-electron chi connectivity index (χ3n) is 1.66. The standard InChI is InChI=1S/C8H5N3O4S/c1-2-16(14,15)8-4-3-7(11(12)13)6(5-9)10-8/h2-4H,1H2. The quantitative estimate of drug-likeness (QED) is 0.568. The Morgan fingerprint density at radius 1 is 1.56 bits per heavy atom. The predicted molar refractivity (Wildman–Crippen MR) is 53.0 cm³/mol. The second-order valence-electron chi connectivity index (χ2n) is 2.60. The molecule has 0 radical (unpaired) electrons. The summed E-state index contributed by atoms with van der Waals surface area (Å²) in [7, 11) is -3.79. The van der Waals surface area contributed by atoms with Crippen molar-refractivity contribution >= 4 is 15.5 Å². The summed E-state index contributed by atoms with van der Waals surface area (Å²) in [4.78, 5) is 13.0. The normalized spacial score (nSPS) is 10.4. The van der Waals surface area contributed by atoms with Crippen LogP contribution in [0.4, 0.5) is 5.69 Å². The molecule has 1 heterocycles. The lowest BCUT2D eigenvalue weighted by Gasteiger charge is -1.98. The molecule has 1 rings (SSSR count). The van der Waals surface area contributed by atoms with Crippen LogP contribution < -0.4 is 0 Å². The molecule has 0 bridgehead atoms.